The van der Waals surface area contributed by atoms with Crippen molar-refractivity contribution in [1.82, 2.24) is 9.80 Å². The molecule has 0 aliphatic carbocycles. The zero-order valence-corrected chi connectivity index (χ0v) is 17.6. The molecule has 1 aromatic heterocycles. The third-order valence-electron chi connectivity index (χ3n) is 4.92. The maximum atomic E-state index is 13.2. The van der Waals surface area contributed by atoms with Gasteiger partial charge in [-0.1, -0.05) is 44.2 Å². The predicted molar refractivity (Wildman–Crippen MR) is 112 cm³/mol. The Kier molecular flexibility index (Phi) is 8.04. The summed E-state index contributed by atoms with van der Waals surface area (Å²) < 4.78 is 0. The first-order valence-corrected chi connectivity index (χ1v) is 10.5. The summed E-state index contributed by atoms with van der Waals surface area (Å²) in [6, 6.07) is 12.2. The van der Waals surface area contributed by atoms with Crippen molar-refractivity contribution in [1.29, 1.82) is 0 Å². The molecule has 0 saturated heterocycles. The molecule has 0 aliphatic rings. The maximum absolute atomic E-state index is 13.2. The van der Waals surface area contributed by atoms with E-state index in [9.17, 15) is 9.59 Å². The number of amides is 2. The van der Waals surface area contributed by atoms with Gasteiger partial charge in [-0.05, 0) is 42.8 Å². The molecule has 2 aromatic rings. The lowest BCUT2D eigenvalue weighted by atomic mass is 10.1. The SMILES string of the molecule is CCC(=O)N(CC(=O)N(Cc1ccccc1)Cc1sccc1C)C(C)CC. The van der Waals surface area contributed by atoms with Crippen LogP contribution in [-0.2, 0) is 22.7 Å². The van der Waals surface area contributed by atoms with Crippen LogP contribution in [0.2, 0.25) is 0 Å². The lowest BCUT2D eigenvalue weighted by molar-refractivity contribution is -0.142. The molecular formula is C22H30N2O2S. The van der Waals surface area contributed by atoms with E-state index in [0.29, 0.717) is 19.5 Å². The molecule has 0 spiro atoms. The molecule has 27 heavy (non-hydrogen) atoms. The van der Waals surface area contributed by atoms with Gasteiger partial charge in [0.15, 0.2) is 0 Å². The van der Waals surface area contributed by atoms with E-state index in [0.717, 1.165) is 12.0 Å². The van der Waals surface area contributed by atoms with E-state index in [2.05, 4.69) is 18.4 Å². The first-order chi connectivity index (χ1) is 13.0. The van der Waals surface area contributed by atoms with E-state index >= 15 is 0 Å². The fourth-order valence-electron chi connectivity index (χ4n) is 2.93. The number of hydrogen-bond donors (Lipinski definition) is 0. The Bertz CT molecular complexity index is 742. The summed E-state index contributed by atoms with van der Waals surface area (Å²) >= 11 is 1.67. The van der Waals surface area contributed by atoms with Crippen LogP contribution in [0.5, 0.6) is 0 Å². The maximum Gasteiger partial charge on any atom is 0.242 e. The van der Waals surface area contributed by atoms with Crippen molar-refractivity contribution in [2.24, 2.45) is 0 Å². The van der Waals surface area contributed by atoms with Crippen molar-refractivity contribution in [3.05, 3.63) is 57.8 Å². The molecule has 0 bridgehead atoms. The first kappa shape index (κ1) is 21.2. The quantitative estimate of drug-likeness (QED) is 0.631. The Balaban J connectivity index is 2.21. The van der Waals surface area contributed by atoms with Crippen LogP contribution in [0.25, 0.3) is 0 Å². The minimum absolute atomic E-state index is 0.00578. The van der Waals surface area contributed by atoms with Gasteiger partial charge in [0.25, 0.3) is 0 Å². The van der Waals surface area contributed by atoms with E-state index in [4.69, 9.17) is 0 Å². The minimum Gasteiger partial charge on any atom is -0.332 e. The van der Waals surface area contributed by atoms with E-state index in [1.807, 2.05) is 56.0 Å². The molecule has 0 aliphatic heterocycles. The van der Waals surface area contributed by atoms with Crippen LogP contribution >= 0.6 is 11.3 Å². The van der Waals surface area contributed by atoms with Gasteiger partial charge in [-0.25, -0.2) is 0 Å². The second kappa shape index (κ2) is 10.3. The minimum atomic E-state index is -0.00578. The van der Waals surface area contributed by atoms with Gasteiger partial charge in [-0.15, -0.1) is 11.3 Å². The number of aryl methyl sites for hydroxylation is 1. The van der Waals surface area contributed by atoms with Gasteiger partial charge >= 0.3 is 0 Å². The molecule has 0 radical (unpaired) electrons. The molecule has 0 N–H and O–H groups in total. The summed E-state index contributed by atoms with van der Waals surface area (Å²) in [5.74, 6) is 0.0263. The van der Waals surface area contributed by atoms with Crippen molar-refractivity contribution in [3.63, 3.8) is 0 Å². The van der Waals surface area contributed by atoms with Crippen molar-refractivity contribution in [2.45, 2.75) is 59.7 Å². The summed E-state index contributed by atoms with van der Waals surface area (Å²) in [5.41, 5.74) is 2.30. The third-order valence-corrected chi connectivity index (χ3v) is 5.93. The monoisotopic (exact) mass is 386 g/mol. The summed E-state index contributed by atoms with van der Waals surface area (Å²) in [7, 11) is 0. The fraction of sp³-hybridized carbons (Fsp3) is 0.455. The van der Waals surface area contributed by atoms with E-state index in [-0.39, 0.29) is 24.4 Å². The normalized spacial score (nSPS) is 11.9. The highest BCUT2D eigenvalue weighted by atomic mass is 32.1. The Labute approximate surface area is 166 Å². The first-order valence-electron chi connectivity index (χ1n) is 9.60. The van der Waals surface area contributed by atoms with Crippen molar-refractivity contribution >= 4 is 23.2 Å². The van der Waals surface area contributed by atoms with Crippen molar-refractivity contribution in [3.8, 4) is 0 Å². The molecule has 1 heterocycles. The lowest BCUT2D eigenvalue weighted by Crippen LogP contribution is -2.46. The van der Waals surface area contributed by atoms with Gasteiger partial charge in [0, 0.05) is 23.9 Å². The van der Waals surface area contributed by atoms with E-state index in [1.165, 1.54) is 10.4 Å². The van der Waals surface area contributed by atoms with Crippen LogP contribution in [0.1, 0.15) is 49.6 Å². The molecule has 0 fully saturated rings. The summed E-state index contributed by atoms with van der Waals surface area (Å²) in [6.45, 7) is 9.23. The molecular weight excluding hydrogens is 356 g/mol. The number of hydrogen-bond acceptors (Lipinski definition) is 3. The molecule has 1 atom stereocenters. The molecule has 1 aromatic carbocycles. The van der Waals surface area contributed by atoms with Gasteiger partial charge in [0.05, 0.1) is 6.54 Å². The van der Waals surface area contributed by atoms with Gasteiger partial charge in [-0.3, -0.25) is 9.59 Å². The van der Waals surface area contributed by atoms with Gasteiger partial charge < -0.3 is 9.80 Å². The molecule has 146 valence electrons. The highest BCUT2D eigenvalue weighted by Gasteiger charge is 2.24. The largest absolute Gasteiger partial charge is 0.332 e. The zero-order valence-electron chi connectivity index (χ0n) is 16.8. The third kappa shape index (κ3) is 5.93. The van der Waals surface area contributed by atoms with Crippen LogP contribution in [0.3, 0.4) is 0 Å². The molecule has 0 saturated carbocycles. The average molecular weight is 387 g/mol. The number of carbonyl (C=O) groups excluding carboxylic acids is 2. The molecule has 1 unspecified atom stereocenters. The zero-order chi connectivity index (χ0) is 19.8. The smallest absolute Gasteiger partial charge is 0.242 e. The van der Waals surface area contributed by atoms with Gasteiger partial charge in [0.2, 0.25) is 11.8 Å². The Hall–Kier alpha value is -2.14. The predicted octanol–water partition coefficient (Wildman–Crippen LogP) is 4.62. The number of benzene rings is 1. The molecule has 5 heteroatoms. The second-order valence-corrected chi connectivity index (χ2v) is 7.90. The second-order valence-electron chi connectivity index (χ2n) is 6.89. The van der Waals surface area contributed by atoms with Crippen LogP contribution < -0.4 is 0 Å². The van der Waals surface area contributed by atoms with Crippen LogP contribution in [0, 0.1) is 6.92 Å². The standard InChI is InChI=1S/C22H30N2O2S/c1-5-18(4)24(21(25)6-2)16-22(26)23(14-19-10-8-7-9-11-19)15-20-17(3)12-13-27-20/h7-13,18H,5-6,14-16H2,1-4H3. The highest BCUT2D eigenvalue weighted by molar-refractivity contribution is 7.10. The van der Waals surface area contributed by atoms with Crippen molar-refractivity contribution in [2.75, 3.05) is 6.54 Å². The topological polar surface area (TPSA) is 40.6 Å². The number of thiophene rings is 1. The number of carbonyl (C=O) groups is 2. The van der Waals surface area contributed by atoms with Crippen LogP contribution in [0.15, 0.2) is 41.8 Å². The Morgan fingerprint density at radius 2 is 1.74 bits per heavy atom. The average Bonchev–Trinajstić information content (AvgIpc) is 3.09. The molecule has 4 nitrogen and oxygen atoms in total. The summed E-state index contributed by atoms with van der Waals surface area (Å²) in [5, 5.41) is 2.06. The highest BCUT2D eigenvalue weighted by Crippen LogP contribution is 2.20. The number of nitrogens with zero attached hydrogens (tertiary/aromatic N) is 2. The fourth-order valence-corrected chi connectivity index (χ4v) is 3.86. The van der Waals surface area contributed by atoms with E-state index < -0.39 is 0 Å². The van der Waals surface area contributed by atoms with Crippen molar-refractivity contribution < 1.29 is 9.59 Å². The molecule has 2 rings (SSSR count). The Morgan fingerprint density at radius 1 is 1.04 bits per heavy atom. The van der Waals surface area contributed by atoms with Crippen LogP contribution in [-0.4, -0.2) is 34.2 Å². The lowest BCUT2D eigenvalue weighted by Gasteiger charge is -2.31. The van der Waals surface area contributed by atoms with Gasteiger partial charge in [-0.2, -0.15) is 0 Å². The summed E-state index contributed by atoms with van der Waals surface area (Å²) in [4.78, 5) is 30.3. The number of rotatable bonds is 9. The van der Waals surface area contributed by atoms with Gasteiger partial charge in [0.1, 0.15) is 6.54 Å². The van der Waals surface area contributed by atoms with Crippen LogP contribution in [0.4, 0.5) is 0 Å². The summed E-state index contributed by atoms with van der Waals surface area (Å²) in [6.07, 6.45) is 1.25. The van der Waals surface area contributed by atoms with E-state index in [1.54, 1.807) is 16.2 Å². The Morgan fingerprint density at radius 3 is 2.30 bits per heavy atom. The molecule has 2 amide bonds.